The molecule has 0 spiro atoms. The molecule has 2 aromatic rings. The lowest BCUT2D eigenvalue weighted by Gasteiger charge is -2.23. The van der Waals surface area contributed by atoms with Gasteiger partial charge in [-0.1, -0.05) is 12.8 Å². The average Bonchev–Trinajstić information content (AvgIpc) is 2.79. The van der Waals surface area contributed by atoms with E-state index in [0.717, 1.165) is 30.3 Å². The van der Waals surface area contributed by atoms with E-state index in [1.54, 1.807) is 12.5 Å². The molecule has 1 aliphatic heterocycles. The van der Waals surface area contributed by atoms with E-state index in [9.17, 15) is 0 Å². The molecule has 6 heteroatoms. The van der Waals surface area contributed by atoms with Crippen LogP contribution in [0.25, 0.3) is 0 Å². The number of aryl methyl sites for hydroxylation is 1. The van der Waals surface area contributed by atoms with Crippen LogP contribution in [-0.4, -0.2) is 28.0 Å². The number of aromatic nitrogens is 3. The lowest BCUT2D eigenvalue weighted by molar-refractivity contribution is 0.726. The Morgan fingerprint density at radius 1 is 1.09 bits per heavy atom. The minimum atomic E-state index is 0.590. The Labute approximate surface area is 130 Å². The summed E-state index contributed by atoms with van der Waals surface area (Å²) in [7, 11) is 0. The smallest absolute Gasteiger partial charge is 0.160 e. The quantitative estimate of drug-likeness (QED) is 0.907. The van der Waals surface area contributed by atoms with Crippen LogP contribution >= 0.6 is 0 Å². The molecule has 0 amide bonds. The number of anilines is 4. The number of pyridine rings is 1. The van der Waals surface area contributed by atoms with E-state index in [0.29, 0.717) is 11.5 Å². The van der Waals surface area contributed by atoms with Crippen molar-refractivity contribution < 1.29 is 0 Å². The first kappa shape index (κ1) is 14.6. The van der Waals surface area contributed by atoms with Gasteiger partial charge >= 0.3 is 0 Å². The van der Waals surface area contributed by atoms with Crippen LogP contribution in [0.15, 0.2) is 24.7 Å². The fraction of sp³-hybridized carbons (Fsp3) is 0.438. The van der Waals surface area contributed by atoms with E-state index in [2.05, 4.69) is 25.2 Å². The second-order valence-electron chi connectivity index (χ2n) is 5.70. The molecule has 0 atom stereocenters. The third kappa shape index (κ3) is 3.27. The van der Waals surface area contributed by atoms with Gasteiger partial charge < -0.3 is 16.0 Å². The molecule has 6 nitrogen and oxygen atoms in total. The van der Waals surface area contributed by atoms with Crippen LogP contribution in [-0.2, 0) is 0 Å². The molecule has 0 aliphatic carbocycles. The van der Waals surface area contributed by atoms with Crippen LogP contribution in [0.5, 0.6) is 0 Å². The summed E-state index contributed by atoms with van der Waals surface area (Å²) in [6, 6.07) is 3.92. The molecule has 3 heterocycles. The van der Waals surface area contributed by atoms with Gasteiger partial charge in [0.2, 0.25) is 0 Å². The molecule has 0 bridgehead atoms. The predicted octanol–water partition coefficient (Wildman–Crippen LogP) is 2.89. The summed E-state index contributed by atoms with van der Waals surface area (Å²) < 4.78 is 0. The van der Waals surface area contributed by atoms with Gasteiger partial charge in [0.25, 0.3) is 0 Å². The summed E-state index contributed by atoms with van der Waals surface area (Å²) in [6.45, 7) is 4.03. The first-order valence-electron chi connectivity index (χ1n) is 7.79. The summed E-state index contributed by atoms with van der Waals surface area (Å²) in [5.74, 6) is 2.19. The predicted molar refractivity (Wildman–Crippen MR) is 89.4 cm³/mol. The average molecular weight is 298 g/mol. The largest absolute Gasteiger partial charge is 0.393 e. The van der Waals surface area contributed by atoms with Gasteiger partial charge in [0.05, 0.1) is 0 Å². The van der Waals surface area contributed by atoms with Crippen LogP contribution in [0.2, 0.25) is 0 Å². The molecule has 22 heavy (non-hydrogen) atoms. The molecule has 3 N–H and O–H groups in total. The number of nitrogens with zero attached hydrogens (tertiary/aromatic N) is 4. The van der Waals surface area contributed by atoms with Gasteiger partial charge in [-0.2, -0.15) is 0 Å². The van der Waals surface area contributed by atoms with Gasteiger partial charge in [0.1, 0.15) is 17.8 Å². The van der Waals surface area contributed by atoms with Crippen molar-refractivity contribution in [1.82, 2.24) is 15.0 Å². The highest BCUT2D eigenvalue weighted by Gasteiger charge is 2.16. The molecule has 0 saturated carbocycles. The molecular weight excluding hydrogens is 276 g/mol. The molecule has 116 valence electrons. The molecule has 0 aromatic carbocycles. The summed E-state index contributed by atoms with van der Waals surface area (Å²) in [5, 5.41) is 3.19. The third-order valence-electron chi connectivity index (χ3n) is 3.93. The van der Waals surface area contributed by atoms with Gasteiger partial charge in [0, 0.05) is 19.3 Å². The third-order valence-corrected chi connectivity index (χ3v) is 3.93. The van der Waals surface area contributed by atoms with Crippen LogP contribution < -0.4 is 16.0 Å². The molecule has 0 unspecified atom stereocenters. The minimum Gasteiger partial charge on any atom is -0.393 e. The summed E-state index contributed by atoms with van der Waals surface area (Å²) in [6.07, 6.45) is 8.26. The standard InChI is InChI=1S/C16H22N6/c1-12-6-7-18-13(10-12)21-15-14(17)16(20-11-19-15)22-8-4-2-3-5-9-22/h6-7,10-11H,2-5,8-9,17H2,1H3,(H,18,19,20,21). The van der Waals surface area contributed by atoms with Crippen LogP contribution in [0, 0.1) is 6.92 Å². The summed E-state index contributed by atoms with van der Waals surface area (Å²) >= 11 is 0. The Hall–Kier alpha value is -2.37. The highest BCUT2D eigenvalue weighted by Crippen LogP contribution is 2.29. The SMILES string of the molecule is Cc1ccnc(Nc2ncnc(N3CCCCCC3)c2N)c1. The Kier molecular flexibility index (Phi) is 4.37. The summed E-state index contributed by atoms with van der Waals surface area (Å²) in [4.78, 5) is 15.2. The van der Waals surface area contributed by atoms with E-state index < -0.39 is 0 Å². The maximum atomic E-state index is 6.29. The number of hydrogen-bond donors (Lipinski definition) is 2. The van der Waals surface area contributed by atoms with Gasteiger partial charge in [-0.25, -0.2) is 15.0 Å². The van der Waals surface area contributed by atoms with Crippen molar-refractivity contribution in [3.63, 3.8) is 0 Å². The van der Waals surface area contributed by atoms with Crippen LogP contribution in [0.4, 0.5) is 23.1 Å². The van der Waals surface area contributed by atoms with Crippen molar-refractivity contribution in [3.8, 4) is 0 Å². The number of nitrogens with two attached hydrogens (primary N) is 1. The fourth-order valence-electron chi connectivity index (χ4n) is 2.75. The molecule has 1 fully saturated rings. The Balaban J connectivity index is 1.85. The first-order chi connectivity index (χ1) is 10.7. The molecule has 1 aliphatic rings. The number of nitrogen functional groups attached to an aromatic ring is 1. The van der Waals surface area contributed by atoms with Crippen molar-refractivity contribution in [3.05, 3.63) is 30.2 Å². The molecule has 1 saturated heterocycles. The second kappa shape index (κ2) is 6.60. The second-order valence-corrected chi connectivity index (χ2v) is 5.70. The van der Waals surface area contributed by atoms with Crippen molar-refractivity contribution in [2.75, 3.05) is 29.0 Å². The van der Waals surface area contributed by atoms with E-state index in [-0.39, 0.29) is 0 Å². The van der Waals surface area contributed by atoms with Crippen molar-refractivity contribution in [2.24, 2.45) is 0 Å². The minimum absolute atomic E-state index is 0.590. The van der Waals surface area contributed by atoms with Gasteiger partial charge in [-0.05, 0) is 37.5 Å². The first-order valence-corrected chi connectivity index (χ1v) is 7.79. The van der Waals surface area contributed by atoms with Gasteiger partial charge in [0.15, 0.2) is 11.6 Å². The van der Waals surface area contributed by atoms with Crippen molar-refractivity contribution >= 4 is 23.1 Å². The normalized spacial score (nSPS) is 15.4. The van der Waals surface area contributed by atoms with Gasteiger partial charge in [-0.15, -0.1) is 0 Å². The van der Waals surface area contributed by atoms with Crippen LogP contribution in [0.1, 0.15) is 31.2 Å². The maximum absolute atomic E-state index is 6.29. The highest BCUT2D eigenvalue weighted by molar-refractivity contribution is 5.77. The zero-order chi connectivity index (χ0) is 15.4. The topological polar surface area (TPSA) is 80.0 Å². The highest BCUT2D eigenvalue weighted by atomic mass is 15.2. The number of nitrogens with one attached hydrogen (secondary N) is 1. The summed E-state index contributed by atoms with van der Waals surface area (Å²) in [5.41, 5.74) is 8.02. The monoisotopic (exact) mass is 298 g/mol. The number of rotatable bonds is 3. The van der Waals surface area contributed by atoms with E-state index in [4.69, 9.17) is 5.73 Å². The zero-order valence-electron chi connectivity index (χ0n) is 12.9. The maximum Gasteiger partial charge on any atom is 0.160 e. The van der Waals surface area contributed by atoms with E-state index in [1.165, 1.54) is 25.7 Å². The number of hydrogen-bond acceptors (Lipinski definition) is 6. The van der Waals surface area contributed by atoms with Crippen molar-refractivity contribution in [2.45, 2.75) is 32.6 Å². The molecule has 3 rings (SSSR count). The molecule has 0 radical (unpaired) electrons. The Morgan fingerprint density at radius 3 is 2.59 bits per heavy atom. The Morgan fingerprint density at radius 2 is 1.86 bits per heavy atom. The van der Waals surface area contributed by atoms with E-state index >= 15 is 0 Å². The lowest BCUT2D eigenvalue weighted by Crippen LogP contribution is -2.26. The van der Waals surface area contributed by atoms with Crippen molar-refractivity contribution in [1.29, 1.82) is 0 Å². The molecular formula is C16H22N6. The Bertz CT molecular complexity index is 634. The lowest BCUT2D eigenvalue weighted by atomic mass is 10.2. The molecule has 2 aromatic heterocycles. The van der Waals surface area contributed by atoms with Gasteiger partial charge in [-0.3, -0.25) is 0 Å². The zero-order valence-corrected chi connectivity index (χ0v) is 12.9. The van der Waals surface area contributed by atoms with Crippen LogP contribution in [0.3, 0.4) is 0 Å². The van der Waals surface area contributed by atoms with E-state index in [1.807, 2.05) is 19.1 Å². The fourth-order valence-corrected chi connectivity index (χ4v) is 2.75.